The lowest BCUT2D eigenvalue weighted by Crippen LogP contribution is -2.47. The van der Waals surface area contributed by atoms with Crippen molar-refractivity contribution < 1.29 is 19.8 Å². The van der Waals surface area contributed by atoms with Gasteiger partial charge in [0.05, 0.1) is 34.8 Å². The highest BCUT2D eigenvalue weighted by Gasteiger charge is 2.30. The summed E-state index contributed by atoms with van der Waals surface area (Å²) in [6.07, 6.45) is 1.49. The summed E-state index contributed by atoms with van der Waals surface area (Å²) in [7, 11) is 0. The van der Waals surface area contributed by atoms with Gasteiger partial charge < -0.3 is 20.8 Å². The summed E-state index contributed by atoms with van der Waals surface area (Å²) >= 11 is 6.24. The molecule has 0 saturated carbocycles. The molecule has 4 N–H and O–H groups in total. The van der Waals surface area contributed by atoms with Gasteiger partial charge in [0.15, 0.2) is 5.60 Å². The minimum atomic E-state index is -2.06. The van der Waals surface area contributed by atoms with Crippen LogP contribution in [0.2, 0.25) is 5.02 Å². The number of para-hydroxylation sites is 1. The SMILES string of the molecule is CC(C)c1c(NC(=O)NCC(C)(O)C(=O)O)cnn1-c1ccccc1Cl. The number of hydrogen-bond donors (Lipinski definition) is 4. The standard InChI is InChI=1S/C17H21ClN4O4/c1-10(2)14-12(21-16(25)19-9-17(3,26)15(23)24)8-20-22(14)13-7-5-4-6-11(13)18/h4-8,10,26H,9H2,1-3H3,(H,23,24)(H2,19,21,25). The summed E-state index contributed by atoms with van der Waals surface area (Å²) in [5.74, 6) is -1.40. The molecular formula is C17H21ClN4O4. The summed E-state index contributed by atoms with van der Waals surface area (Å²) in [6.45, 7) is 4.56. The number of benzene rings is 1. The van der Waals surface area contributed by atoms with Crippen LogP contribution in [0.15, 0.2) is 30.5 Å². The first-order valence-corrected chi connectivity index (χ1v) is 8.34. The number of aromatic nitrogens is 2. The lowest BCUT2D eigenvalue weighted by molar-refractivity contribution is -0.155. The van der Waals surface area contributed by atoms with Crippen molar-refractivity contribution >= 4 is 29.3 Å². The molecule has 26 heavy (non-hydrogen) atoms. The van der Waals surface area contributed by atoms with Crippen LogP contribution in [0.1, 0.15) is 32.4 Å². The zero-order valence-corrected chi connectivity index (χ0v) is 15.4. The third-order valence-corrected chi connectivity index (χ3v) is 4.06. The average molecular weight is 381 g/mol. The second kappa shape index (κ2) is 7.76. The minimum absolute atomic E-state index is 0.0196. The Labute approximate surface area is 155 Å². The van der Waals surface area contributed by atoms with E-state index in [-0.39, 0.29) is 5.92 Å². The number of nitrogens with one attached hydrogen (secondary N) is 2. The lowest BCUT2D eigenvalue weighted by Gasteiger charge is -2.19. The quantitative estimate of drug-likeness (QED) is 0.614. The third kappa shape index (κ3) is 4.33. The number of urea groups is 1. The normalized spacial score (nSPS) is 13.3. The van der Waals surface area contributed by atoms with Gasteiger partial charge in [-0.3, -0.25) is 0 Å². The predicted molar refractivity (Wildman–Crippen MR) is 97.9 cm³/mol. The van der Waals surface area contributed by atoms with E-state index < -0.39 is 24.1 Å². The molecule has 0 aliphatic rings. The van der Waals surface area contributed by atoms with Gasteiger partial charge in [0.2, 0.25) is 0 Å². The lowest BCUT2D eigenvalue weighted by atomic mass is 10.1. The molecule has 0 fully saturated rings. The number of aliphatic carboxylic acids is 1. The smallest absolute Gasteiger partial charge is 0.337 e. The number of aliphatic hydroxyl groups is 1. The summed E-state index contributed by atoms with van der Waals surface area (Å²) < 4.78 is 1.65. The molecule has 1 aromatic heterocycles. The molecule has 2 aromatic rings. The molecule has 0 radical (unpaired) electrons. The average Bonchev–Trinajstić information content (AvgIpc) is 2.97. The van der Waals surface area contributed by atoms with Gasteiger partial charge in [-0.1, -0.05) is 37.6 Å². The summed E-state index contributed by atoms with van der Waals surface area (Å²) in [4.78, 5) is 23.0. The molecule has 1 atom stereocenters. The fourth-order valence-electron chi connectivity index (χ4n) is 2.32. The topological polar surface area (TPSA) is 116 Å². The Morgan fingerprint density at radius 1 is 1.35 bits per heavy atom. The second-order valence-corrected chi connectivity index (χ2v) is 6.76. The molecule has 9 heteroatoms. The Morgan fingerprint density at radius 2 is 2.00 bits per heavy atom. The first-order valence-electron chi connectivity index (χ1n) is 7.97. The monoisotopic (exact) mass is 380 g/mol. The Bertz CT molecular complexity index is 817. The molecule has 8 nitrogen and oxygen atoms in total. The number of nitrogens with zero attached hydrogens (tertiary/aromatic N) is 2. The van der Waals surface area contributed by atoms with Crippen LogP contribution in [0.4, 0.5) is 10.5 Å². The first-order chi connectivity index (χ1) is 12.1. The van der Waals surface area contributed by atoms with Crippen LogP contribution >= 0.6 is 11.6 Å². The molecule has 2 amide bonds. The van der Waals surface area contributed by atoms with Gasteiger partial charge >= 0.3 is 12.0 Å². The van der Waals surface area contributed by atoms with Crippen molar-refractivity contribution in [1.82, 2.24) is 15.1 Å². The molecule has 0 bridgehead atoms. The molecule has 0 spiro atoms. The largest absolute Gasteiger partial charge is 0.479 e. The Morgan fingerprint density at radius 3 is 2.58 bits per heavy atom. The first kappa shape index (κ1) is 19.7. The van der Waals surface area contributed by atoms with Crippen molar-refractivity contribution in [2.24, 2.45) is 0 Å². The molecule has 0 saturated heterocycles. The maximum Gasteiger partial charge on any atom is 0.337 e. The maximum atomic E-state index is 12.1. The molecule has 1 unspecified atom stereocenters. The highest BCUT2D eigenvalue weighted by molar-refractivity contribution is 6.32. The number of carbonyl (C=O) groups excluding carboxylic acids is 1. The van der Waals surface area contributed by atoms with Crippen molar-refractivity contribution in [3.05, 3.63) is 41.2 Å². The highest BCUT2D eigenvalue weighted by atomic mass is 35.5. The van der Waals surface area contributed by atoms with E-state index >= 15 is 0 Å². The molecular weight excluding hydrogens is 360 g/mol. The molecule has 1 aromatic carbocycles. The number of hydrogen-bond acceptors (Lipinski definition) is 4. The van der Waals surface area contributed by atoms with Crippen molar-refractivity contribution in [1.29, 1.82) is 0 Å². The Hall–Kier alpha value is -2.58. The van der Waals surface area contributed by atoms with Gasteiger partial charge in [-0.05, 0) is 25.0 Å². The van der Waals surface area contributed by atoms with Gasteiger partial charge in [0.1, 0.15) is 0 Å². The van der Waals surface area contributed by atoms with Gasteiger partial charge in [0.25, 0.3) is 0 Å². The Balaban J connectivity index is 2.22. The van der Waals surface area contributed by atoms with Crippen molar-refractivity contribution in [3.8, 4) is 5.69 Å². The van der Waals surface area contributed by atoms with Crippen LogP contribution in [0.25, 0.3) is 5.69 Å². The van der Waals surface area contributed by atoms with E-state index in [0.717, 1.165) is 12.6 Å². The number of halogens is 1. The van der Waals surface area contributed by atoms with Crippen molar-refractivity contribution in [2.45, 2.75) is 32.3 Å². The van der Waals surface area contributed by atoms with E-state index in [9.17, 15) is 14.7 Å². The van der Waals surface area contributed by atoms with Crippen LogP contribution in [0.5, 0.6) is 0 Å². The number of carboxylic acids is 1. The van der Waals surface area contributed by atoms with E-state index in [1.807, 2.05) is 32.0 Å². The number of carbonyl (C=O) groups is 2. The fourth-order valence-corrected chi connectivity index (χ4v) is 2.54. The number of amides is 2. The van der Waals surface area contributed by atoms with E-state index in [2.05, 4.69) is 15.7 Å². The zero-order valence-electron chi connectivity index (χ0n) is 14.7. The van der Waals surface area contributed by atoms with Crippen LogP contribution in [-0.2, 0) is 4.79 Å². The molecule has 140 valence electrons. The van der Waals surface area contributed by atoms with Crippen LogP contribution in [0, 0.1) is 0 Å². The van der Waals surface area contributed by atoms with Crippen LogP contribution in [-0.4, -0.2) is 44.1 Å². The molecule has 2 rings (SSSR count). The molecule has 0 aliphatic carbocycles. The second-order valence-electron chi connectivity index (χ2n) is 6.35. The molecule has 0 aliphatic heterocycles. The summed E-state index contributed by atoms with van der Waals surface area (Å²) in [5.41, 5.74) is -0.175. The van der Waals surface area contributed by atoms with E-state index in [4.69, 9.17) is 16.7 Å². The predicted octanol–water partition coefficient (Wildman–Crippen LogP) is 2.61. The molecule has 1 heterocycles. The van der Waals surface area contributed by atoms with Crippen molar-refractivity contribution in [3.63, 3.8) is 0 Å². The number of carboxylic acid groups (broad SMARTS) is 1. The number of anilines is 1. The van der Waals surface area contributed by atoms with Crippen molar-refractivity contribution in [2.75, 3.05) is 11.9 Å². The van der Waals surface area contributed by atoms with Gasteiger partial charge in [-0.25, -0.2) is 14.3 Å². The van der Waals surface area contributed by atoms with Gasteiger partial charge in [-0.15, -0.1) is 0 Å². The minimum Gasteiger partial charge on any atom is -0.479 e. The van der Waals surface area contributed by atoms with Gasteiger partial charge in [0, 0.05) is 0 Å². The van der Waals surface area contributed by atoms with Crippen LogP contribution < -0.4 is 10.6 Å². The highest BCUT2D eigenvalue weighted by Crippen LogP contribution is 2.29. The summed E-state index contributed by atoms with van der Waals surface area (Å²) in [5, 5.41) is 28.3. The third-order valence-electron chi connectivity index (χ3n) is 3.74. The van der Waals surface area contributed by atoms with Gasteiger partial charge in [-0.2, -0.15) is 5.10 Å². The maximum absolute atomic E-state index is 12.1. The zero-order chi connectivity index (χ0) is 19.5. The van der Waals surface area contributed by atoms with E-state index in [1.54, 1.807) is 10.7 Å². The van der Waals surface area contributed by atoms with E-state index in [0.29, 0.717) is 16.4 Å². The van der Waals surface area contributed by atoms with Crippen LogP contribution in [0.3, 0.4) is 0 Å². The fraction of sp³-hybridized carbons (Fsp3) is 0.353. The summed E-state index contributed by atoms with van der Waals surface area (Å²) in [6, 6.07) is 6.56. The Kier molecular flexibility index (Phi) is 5.89. The number of rotatable bonds is 6. The van der Waals surface area contributed by atoms with E-state index in [1.165, 1.54) is 6.20 Å².